The number of hydrogen-bond acceptors (Lipinski definition) is 4. The molecule has 0 bridgehead atoms. The fraction of sp³-hybridized carbons (Fsp3) is 0.522. The van der Waals surface area contributed by atoms with E-state index in [0.717, 1.165) is 18.4 Å². The molecule has 2 rings (SSSR count). The van der Waals surface area contributed by atoms with Gasteiger partial charge in [-0.25, -0.2) is 4.79 Å². The molecule has 1 aromatic rings. The summed E-state index contributed by atoms with van der Waals surface area (Å²) in [5.41, 5.74) is 1.58. The first-order valence-electron chi connectivity index (χ1n) is 10.4. The molecule has 0 saturated carbocycles. The van der Waals surface area contributed by atoms with Gasteiger partial charge in [0.05, 0.1) is 0 Å². The molecular weight excluding hydrogens is 382 g/mol. The molecule has 3 amide bonds. The summed E-state index contributed by atoms with van der Waals surface area (Å²) < 4.78 is 5.13. The molecule has 30 heavy (non-hydrogen) atoms. The van der Waals surface area contributed by atoms with Crippen LogP contribution in [0.4, 0.5) is 4.79 Å². The number of ether oxygens (including phenoxy) is 1. The summed E-state index contributed by atoms with van der Waals surface area (Å²) >= 11 is 0. The van der Waals surface area contributed by atoms with E-state index in [9.17, 15) is 14.4 Å². The SMILES string of the molecule is Cc1ccc(/C=C/C(=O)NCC2CCN(C(=O)CNC(=O)OC(C)(C)C)CC2)cc1. The van der Waals surface area contributed by atoms with Gasteiger partial charge in [-0.05, 0) is 58.1 Å². The molecule has 7 nitrogen and oxygen atoms in total. The summed E-state index contributed by atoms with van der Waals surface area (Å²) in [6.45, 7) is 9.11. The lowest BCUT2D eigenvalue weighted by Crippen LogP contribution is -2.46. The molecule has 1 aliphatic rings. The molecule has 0 unspecified atom stereocenters. The van der Waals surface area contributed by atoms with E-state index in [-0.39, 0.29) is 18.4 Å². The molecule has 1 heterocycles. The number of alkyl carbamates (subject to hydrolysis) is 1. The second kappa shape index (κ2) is 10.8. The first-order chi connectivity index (χ1) is 14.1. The van der Waals surface area contributed by atoms with Gasteiger partial charge in [0.15, 0.2) is 0 Å². The van der Waals surface area contributed by atoms with Crippen LogP contribution in [0.1, 0.15) is 44.7 Å². The Morgan fingerprint density at radius 2 is 1.73 bits per heavy atom. The third-order valence-corrected chi connectivity index (χ3v) is 4.82. The van der Waals surface area contributed by atoms with E-state index < -0.39 is 11.7 Å². The van der Waals surface area contributed by atoms with E-state index in [2.05, 4.69) is 10.6 Å². The number of amides is 3. The van der Waals surface area contributed by atoms with Crippen LogP contribution in [0.2, 0.25) is 0 Å². The van der Waals surface area contributed by atoms with Crippen molar-refractivity contribution in [3.63, 3.8) is 0 Å². The summed E-state index contributed by atoms with van der Waals surface area (Å²) in [5.74, 6) is 0.101. The Bertz CT molecular complexity index is 758. The molecule has 0 radical (unpaired) electrons. The zero-order chi connectivity index (χ0) is 22.1. The molecule has 1 aromatic carbocycles. The summed E-state index contributed by atoms with van der Waals surface area (Å²) in [4.78, 5) is 37.7. The minimum absolute atomic E-state index is 0.0693. The number of carbonyl (C=O) groups excluding carboxylic acids is 3. The van der Waals surface area contributed by atoms with Gasteiger partial charge in [-0.2, -0.15) is 0 Å². The van der Waals surface area contributed by atoms with Gasteiger partial charge in [-0.15, -0.1) is 0 Å². The second-order valence-electron chi connectivity index (χ2n) is 8.67. The fourth-order valence-electron chi connectivity index (χ4n) is 3.11. The lowest BCUT2D eigenvalue weighted by molar-refractivity contribution is -0.131. The average Bonchev–Trinajstić information content (AvgIpc) is 2.69. The molecule has 1 fully saturated rings. The Kier molecular flexibility index (Phi) is 8.45. The molecule has 7 heteroatoms. The highest BCUT2D eigenvalue weighted by molar-refractivity contribution is 5.91. The van der Waals surface area contributed by atoms with Crippen molar-refractivity contribution in [2.75, 3.05) is 26.2 Å². The van der Waals surface area contributed by atoms with Crippen molar-refractivity contribution < 1.29 is 19.1 Å². The van der Waals surface area contributed by atoms with Gasteiger partial charge in [0.2, 0.25) is 11.8 Å². The van der Waals surface area contributed by atoms with Crippen LogP contribution in [-0.2, 0) is 14.3 Å². The van der Waals surface area contributed by atoms with Crippen LogP contribution in [0.5, 0.6) is 0 Å². The van der Waals surface area contributed by atoms with Crippen LogP contribution in [0.25, 0.3) is 6.08 Å². The van der Waals surface area contributed by atoms with Gasteiger partial charge < -0.3 is 20.3 Å². The predicted octanol–water partition coefficient (Wildman–Crippen LogP) is 2.89. The minimum Gasteiger partial charge on any atom is -0.444 e. The van der Waals surface area contributed by atoms with Gasteiger partial charge >= 0.3 is 6.09 Å². The maximum atomic E-state index is 12.3. The van der Waals surface area contributed by atoms with Crippen molar-refractivity contribution in [3.05, 3.63) is 41.5 Å². The molecule has 1 saturated heterocycles. The Balaban J connectivity index is 1.65. The third-order valence-electron chi connectivity index (χ3n) is 4.82. The van der Waals surface area contributed by atoms with Crippen LogP contribution in [-0.4, -0.2) is 54.6 Å². The quantitative estimate of drug-likeness (QED) is 0.700. The summed E-state index contributed by atoms with van der Waals surface area (Å²) in [5, 5.41) is 5.44. The zero-order valence-electron chi connectivity index (χ0n) is 18.4. The van der Waals surface area contributed by atoms with Crippen molar-refractivity contribution in [2.24, 2.45) is 5.92 Å². The maximum Gasteiger partial charge on any atom is 0.408 e. The Hall–Kier alpha value is -2.83. The lowest BCUT2D eigenvalue weighted by atomic mass is 9.96. The first-order valence-corrected chi connectivity index (χ1v) is 10.4. The third kappa shape index (κ3) is 8.68. The number of nitrogens with one attached hydrogen (secondary N) is 2. The van der Waals surface area contributed by atoms with Gasteiger partial charge in [-0.1, -0.05) is 29.8 Å². The van der Waals surface area contributed by atoms with Crippen molar-refractivity contribution in [2.45, 2.75) is 46.1 Å². The van der Waals surface area contributed by atoms with Crippen molar-refractivity contribution >= 4 is 24.0 Å². The monoisotopic (exact) mass is 415 g/mol. The van der Waals surface area contributed by atoms with E-state index >= 15 is 0 Å². The summed E-state index contributed by atoms with van der Waals surface area (Å²) in [7, 11) is 0. The number of benzene rings is 1. The average molecular weight is 416 g/mol. The number of nitrogens with zero attached hydrogens (tertiary/aromatic N) is 1. The Morgan fingerprint density at radius 1 is 1.10 bits per heavy atom. The molecular formula is C23H33N3O4. The van der Waals surface area contributed by atoms with E-state index in [1.165, 1.54) is 5.56 Å². The number of carbonyl (C=O) groups is 3. The zero-order valence-corrected chi connectivity index (χ0v) is 18.4. The van der Waals surface area contributed by atoms with Crippen LogP contribution in [0, 0.1) is 12.8 Å². The van der Waals surface area contributed by atoms with Crippen LogP contribution >= 0.6 is 0 Å². The van der Waals surface area contributed by atoms with Gasteiger partial charge in [-0.3, -0.25) is 9.59 Å². The molecule has 0 aromatic heterocycles. The Morgan fingerprint density at radius 3 is 2.33 bits per heavy atom. The van der Waals surface area contributed by atoms with E-state index in [1.807, 2.05) is 31.2 Å². The molecule has 1 aliphatic heterocycles. The van der Waals surface area contributed by atoms with Crippen molar-refractivity contribution in [3.8, 4) is 0 Å². The van der Waals surface area contributed by atoms with Crippen LogP contribution in [0.3, 0.4) is 0 Å². The summed E-state index contributed by atoms with van der Waals surface area (Å²) in [6.07, 6.45) is 4.40. The van der Waals surface area contributed by atoms with Gasteiger partial charge in [0.25, 0.3) is 0 Å². The van der Waals surface area contributed by atoms with E-state index in [1.54, 1.807) is 37.8 Å². The number of piperidine rings is 1. The normalized spacial score (nSPS) is 15.1. The lowest BCUT2D eigenvalue weighted by Gasteiger charge is -2.32. The standard InChI is InChI=1S/C23H33N3O4/c1-17-5-7-18(8-6-17)9-10-20(27)24-15-19-11-13-26(14-12-19)21(28)16-25-22(29)30-23(2,3)4/h5-10,19H,11-16H2,1-4H3,(H,24,27)(H,25,29)/b10-9+. The highest BCUT2D eigenvalue weighted by atomic mass is 16.6. The highest BCUT2D eigenvalue weighted by Gasteiger charge is 2.24. The predicted molar refractivity (Wildman–Crippen MR) is 117 cm³/mol. The Labute approximate surface area is 178 Å². The number of aryl methyl sites for hydroxylation is 1. The van der Waals surface area contributed by atoms with Gasteiger partial charge in [0, 0.05) is 25.7 Å². The second-order valence-corrected chi connectivity index (χ2v) is 8.67. The van der Waals surface area contributed by atoms with Gasteiger partial charge in [0.1, 0.15) is 12.1 Å². The maximum absolute atomic E-state index is 12.3. The molecule has 164 valence electrons. The van der Waals surface area contributed by atoms with Crippen LogP contribution < -0.4 is 10.6 Å². The highest BCUT2D eigenvalue weighted by Crippen LogP contribution is 2.16. The first kappa shape index (κ1) is 23.4. The molecule has 0 aliphatic carbocycles. The number of likely N-dealkylation sites (tertiary alicyclic amines) is 1. The largest absolute Gasteiger partial charge is 0.444 e. The number of rotatable bonds is 6. The van der Waals surface area contributed by atoms with Crippen molar-refractivity contribution in [1.29, 1.82) is 0 Å². The van der Waals surface area contributed by atoms with E-state index in [0.29, 0.717) is 25.6 Å². The molecule has 0 spiro atoms. The smallest absolute Gasteiger partial charge is 0.408 e. The molecule has 2 N–H and O–H groups in total. The summed E-state index contributed by atoms with van der Waals surface area (Å²) in [6, 6.07) is 7.97. The molecule has 0 atom stereocenters. The topological polar surface area (TPSA) is 87.7 Å². The fourth-order valence-corrected chi connectivity index (χ4v) is 3.11. The van der Waals surface area contributed by atoms with E-state index in [4.69, 9.17) is 4.74 Å². The van der Waals surface area contributed by atoms with Crippen molar-refractivity contribution in [1.82, 2.24) is 15.5 Å². The number of hydrogen-bond donors (Lipinski definition) is 2. The minimum atomic E-state index is -0.592. The van der Waals surface area contributed by atoms with Crippen LogP contribution in [0.15, 0.2) is 30.3 Å².